The molecule has 11 nitrogen and oxygen atoms in total. The number of nitro benzene ring substituents is 1. The van der Waals surface area contributed by atoms with Crippen LogP contribution in [0.4, 0.5) is 32.0 Å². The van der Waals surface area contributed by atoms with Gasteiger partial charge in [0.05, 0.1) is 38.2 Å². The van der Waals surface area contributed by atoms with Gasteiger partial charge in [0.15, 0.2) is 0 Å². The molecule has 1 aliphatic carbocycles. The molecule has 0 unspecified atom stereocenters. The van der Waals surface area contributed by atoms with Crippen molar-refractivity contribution in [1.82, 2.24) is 19.5 Å². The lowest BCUT2D eigenvalue weighted by molar-refractivity contribution is -0.388. The number of benzene rings is 2. The topological polar surface area (TPSA) is 135 Å². The minimum atomic E-state index is -5.12. The van der Waals surface area contributed by atoms with Crippen LogP contribution in [0.1, 0.15) is 41.8 Å². The number of halogens is 6. The van der Waals surface area contributed by atoms with Crippen molar-refractivity contribution in [3.8, 4) is 0 Å². The third-order valence-corrected chi connectivity index (χ3v) is 10.6. The van der Waals surface area contributed by atoms with E-state index in [1.807, 2.05) is 0 Å². The number of aromatic nitrogens is 1. The second kappa shape index (κ2) is 13.6. The molecule has 2 aromatic carbocycles. The lowest BCUT2D eigenvalue weighted by Gasteiger charge is -2.35. The first-order valence-electron chi connectivity index (χ1n) is 14.5. The largest absolute Gasteiger partial charge is 0.423 e. The highest BCUT2D eigenvalue weighted by Crippen LogP contribution is 2.38. The van der Waals surface area contributed by atoms with Gasteiger partial charge in [-0.2, -0.15) is 26.3 Å². The summed E-state index contributed by atoms with van der Waals surface area (Å²) in [5.41, 5.74) is -3.36. The smallest absolute Gasteiger partial charge is 0.368 e. The summed E-state index contributed by atoms with van der Waals surface area (Å²) in [5.74, 6) is -0.217. The van der Waals surface area contributed by atoms with Crippen molar-refractivity contribution in [2.24, 2.45) is 0 Å². The summed E-state index contributed by atoms with van der Waals surface area (Å²) < 4.78 is 113. The quantitative estimate of drug-likeness (QED) is 0.182. The Kier molecular flexibility index (Phi) is 10.1. The molecule has 5 rings (SSSR count). The van der Waals surface area contributed by atoms with Crippen molar-refractivity contribution >= 4 is 43.2 Å². The fourth-order valence-corrected chi connectivity index (χ4v) is 7.87. The summed E-state index contributed by atoms with van der Waals surface area (Å²) in [5, 5.41) is 11.6. The van der Waals surface area contributed by atoms with Gasteiger partial charge in [-0.15, -0.1) is 11.3 Å². The van der Waals surface area contributed by atoms with Crippen LogP contribution in [-0.4, -0.2) is 79.0 Å². The van der Waals surface area contributed by atoms with Gasteiger partial charge in [0, 0.05) is 38.3 Å². The summed E-state index contributed by atoms with van der Waals surface area (Å²) in [6.07, 6.45) is -8.49. The standard InChI is InChI=1S/C28H29F6N5O6S2/c29-27(30,31)17-1-8-24-22(13-17)35-25(46-24)15-37-9-11-38(12-10-37)26(40)16-45-19-4-2-18(3-5-19)36-47(43,44)20-6-7-23(39(41)42)21(14-20)28(32,33)34/h1,6-8,13-14,18-19,36H,2-5,9-12,15-16H2/t18-,19-. The van der Waals surface area contributed by atoms with Gasteiger partial charge in [-0.1, -0.05) is 0 Å². The Morgan fingerprint density at radius 3 is 2.30 bits per heavy atom. The van der Waals surface area contributed by atoms with Gasteiger partial charge in [-0.3, -0.25) is 19.8 Å². The van der Waals surface area contributed by atoms with Gasteiger partial charge in [0.1, 0.15) is 17.2 Å². The molecular weight excluding hydrogens is 680 g/mol. The molecule has 0 atom stereocenters. The molecule has 47 heavy (non-hydrogen) atoms. The summed E-state index contributed by atoms with van der Waals surface area (Å²) in [6, 6.07) is 4.40. The van der Waals surface area contributed by atoms with E-state index in [-0.39, 0.29) is 24.7 Å². The Hall–Kier alpha value is -3.39. The molecule has 0 radical (unpaired) electrons. The van der Waals surface area contributed by atoms with Crippen LogP contribution < -0.4 is 4.72 Å². The average Bonchev–Trinajstić information content (AvgIpc) is 3.41. The summed E-state index contributed by atoms with van der Waals surface area (Å²) in [6.45, 7) is 2.21. The number of piperazine rings is 1. The monoisotopic (exact) mass is 709 g/mol. The van der Waals surface area contributed by atoms with Gasteiger partial charge in [-0.25, -0.2) is 18.1 Å². The lowest BCUT2D eigenvalue weighted by atomic mass is 9.94. The van der Waals surface area contributed by atoms with E-state index in [4.69, 9.17) is 4.74 Å². The zero-order valence-corrected chi connectivity index (χ0v) is 26.1. The van der Waals surface area contributed by atoms with E-state index in [1.165, 1.54) is 17.4 Å². The molecule has 1 aromatic heterocycles. The van der Waals surface area contributed by atoms with Gasteiger partial charge in [0.25, 0.3) is 5.69 Å². The normalized spacial score (nSPS) is 20.1. The molecule has 256 valence electrons. The number of thiazole rings is 1. The van der Waals surface area contributed by atoms with Crippen LogP contribution >= 0.6 is 11.3 Å². The van der Waals surface area contributed by atoms with Crippen molar-refractivity contribution in [3.05, 3.63) is 62.6 Å². The number of sulfonamides is 1. The van der Waals surface area contributed by atoms with Crippen molar-refractivity contribution in [3.63, 3.8) is 0 Å². The molecule has 1 saturated heterocycles. The van der Waals surface area contributed by atoms with Crippen LogP contribution in [0, 0.1) is 10.1 Å². The Labute approximate surface area is 268 Å². The van der Waals surface area contributed by atoms with E-state index >= 15 is 0 Å². The minimum Gasteiger partial charge on any atom is -0.368 e. The number of alkyl halides is 6. The Morgan fingerprint density at radius 1 is 1.00 bits per heavy atom. The Morgan fingerprint density at radius 2 is 1.68 bits per heavy atom. The summed E-state index contributed by atoms with van der Waals surface area (Å²) in [4.78, 5) is 29.9. The van der Waals surface area contributed by atoms with Crippen LogP contribution in [0.25, 0.3) is 10.2 Å². The molecule has 2 fully saturated rings. The average molecular weight is 710 g/mol. The van der Waals surface area contributed by atoms with Gasteiger partial charge >= 0.3 is 12.4 Å². The molecule has 1 amide bonds. The van der Waals surface area contributed by atoms with E-state index in [0.29, 0.717) is 79.7 Å². The zero-order valence-electron chi connectivity index (χ0n) is 24.5. The van der Waals surface area contributed by atoms with Crippen molar-refractivity contribution in [1.29, 1.82) is 0 Å². The number of hydrogen-bond acceptors (Lipinski definition) is 9. The fraction of sp³-hybridized carbons (Fsp3) is 0.500. The first-order valence-corrected chi connectivity index (χ1v) is 16.8. The number of nitro groups is 1. The second-order valence-electron chi connectivity index (χ2n) is 11.3. The second-order valence-corrected chi connectivity index (χ2v) is 14.1. The third-order valence-electron chi connectivity index (χ3n) is 8.06. The molecule has 1 saturated carbocycles. The van der Waals surface area contributed by atoms with Gasteiger partial charge in [-0.05, 0) is 56.0 Å². The SMILES string of the molecule is O=C(CO[C@H]1CC[C@H](NS(=O)(=O)c2ccc([N+](=O)[O-])c(C(F)(F)F)c2)CC1)N1CCN(Cc2nc3cc(C(F)(F)F)ccc3s2)CC1. The number of carbonyl (C=O) groups is 1. The Bertz CT molecular complexity index is 1730. The molecule has 2 aliphatic rings. The zero-order chi connectivity index (χ0) is 34.1. The number of rotatable bonds is 9. The van der Waals surface area contributed by atoms with E-state index in [2.05, 4.69) is 14.6 Å². The van der Waals surface area contributed by atoms with E-state index in [9.17, 15) is 49.7 Å². The summed E-state index contributed by atoms with van der Waals surface area (Å²) in [7, 11) is -4.40. The van der Waals surface area contributed by atoms with Gasteiger partial charge in [0.2, 0.25) is 15.9 Å². The van der Waals surface area contributed by atoms with E-state index in [0.717, 1.165) is 18.2 Å². The molecule has 0 bridgehead atoms. The predicted molar refractivity (Wildman–Crippen MR) is 157 cm³/mol. The van der Waals surface area contributed by atoms with Crippen LogP contribution in [0.5, 0.6) is 0 Å². The van der Waals surface area contributed by atoms with E-state index < -0.39 is 55.1 Å². The van der Waals surface area contributed by atoms with E-state index in [1.54, 1.807) is 4.90 Å². The number of fused-ring (bicyclic) bond motifs is 1. The first kappa shape index (κ1) is 34.9. The molecule has 2 heterocycles. The van der Waals surface area contributed by atoms with Crippen molar-refractivity contribution in [2.45, 2.75) is 61.6 Å². The highest BCUT2D eigenvalue weighted by Gasteiger charge is 2.40. The molecule has 0 spiro atoms. The van der Waals surface area contributed by atoms with Crippen LogP contribution in [0.2, 0.25) is 0 Å². The number of ether oxygens (including phenoxy) is 1. The number of nitrogens with one attached hydrogen (secondary N) is 1. The predicted octanol–water partition coefficient (Wildman–Crippen LogP) is 5.19. The number of amides is 1. The number of hydrogen-bond donors (Lipinski definition) is 1. The van der Waals surface area contributed by atoms with Crippen LogP contribution in [-0.2, 0) is 38.5 Å². The van der Waals surface area contributed by atoms with Crippen LogP contribution in [0.3, 0.4) is 0 Å². The maximum atomic E-state index is 13.3. The minimum absolute atomic E-state index is 0.177. The molecule has 19 heteroatoms. The molecule has 3 aromatic rings. The number of nitrogens with zero attached hydrogens (tertiary/aromatic N) is 4. The third kappa shape index (κ3) is 8.56. The molecule has 1 aliphatic heterocycles. The maximum absolute atomic E-state index is 13.3. The van der Waals surface area contributed by atoms with Crippen molar-refractivity contribution in [2.75, 3.05) is 32.8 Å². The Balaban J connectivity index is 1.05. The van der Waals surface area contributed by atoms with Crippen molar-refractivity contribution < 1.29 is 49.2 Å². The maximum Gasteiger partial charge on any atom is 0.423 e. The first-order chi connectivity index (χ1) is 22.0. The van der Waals surface area contributed by atoms with Gasteiger partial charge < -0.3 is 9.64 Å². The summed E-state index contributed by atoms with van der Waals surface area (Å²) >= 11 is 1.32. The highest BCUT2D eigenvalue weighted by atomic mass is 32.2. The molecular formula is C28H29F6N5O6S2. The fourth-order valence-electron chi connectivity index (χ4n) is 5.55. The lowest BCUT2D eigenvalue weighted by Crippen LogP contribution is -2.49. The highest BCUT2D eigenvalue weighted by molar-refractivity contribution is 7.89. The number of carbonyl (C=O) groups excluding carboxylic acids is 1. The molecule has 1 N–H and O–H groups in total. The van der Waals surface area contributed by atoms with Crippen LogP contribution in [0.15, 0.2) is 41.3 Å².